The summed E-state index contributed by atoms with van der Waals surface area (Å²) in [6.45, 7) is 3.95. The molecule has 4 rings (SSSR count). The molecule has 1 aliphatic heterocycles. The summed E-state index contributed by atoms with van der Waals surface area (Å²) in [5, 5.41) is 7.50. The molecule has 1 saturated heterocycles. The van der Waals surface area contributed by atoms with Gasteiger partial charge in [-0.25, -0.2) is 4.68 Å². The molecule has 1 aromatic carbocycles. The number of carbonyl (C=O) groups excluding carboxylic acids is 1. The topological polar surface area (TPSA) is 58.4 Å². The molecule has 1 fully saturated rings. The standard InChI is InChI=1S/C19H20N4O2S/c1-21-18(24)16-7-3-2-6-15(16)17(20-21)19(25)23-10-8-22(9-11-23)13-14-5-4-12-26-14/h2-7,12H,8-11,13H2,1H3. The monoisotopic (exact) mass is 368 g/mol. The van der Waals surface area contributed by atoms with Crippen LogP contribution in [0.1, 0.15) is 15.4 Å². The third kappa shape index (κ3) is 3.15. The van der Waals surface area contributed by atoms with Crippen LogP contribution >= 0.6 is 11.3 Å². The van der Waals surface area contributed by atoms with Gasteiger partial charge in [0, 0.05) is 50.0 Å². The van der Waals surface area contributed by atoms with E-state index in [1.807, 2.05) is 11.0 Å². The van der Waals surface area contributed by atoms with Crippen LogP contribution in [0.2, 0.25) is 0 Å². The Bertz CT molecular complexity index is 988. The highest BCUT2D eigenvalue weighted by Gasteiger charge is 2.25. The summed E-state index contributed by atoms with van der Waals surface area (Å²) in [7, 11) is 1.59. The van der Waals surface area contributed by atoms with Crippen LogP contribution < -0.4 is 5.56 Å². The predicted molar refractivity (Wildman–Crippen MR) is 102 cm³/mol. The number of amides is 1. The first kappa shape index (κ1) is 16.9. The lowest BCUT2D eigenvalue weighted by Gasteiger charge is -2.34. The van der Waals surface area contributed by atoms with Crippen molar-refractivity contribution in [2.24, 2.45) is 7.05 Å². The van der Waals surface area contributed by atoms with E-state index in [1.54, 1.807) is 36.6 Å². The summed E-state index contributed by atoms with van der Waals surface area (Å²) in [6.07, 6.45) is 0. The molecule has 0 N–H and O–H groups in total. The molecule has 3 heterocycles. The van der Waals surface area contributed by atoms with Crippen molar-refractivity contribution in [3.63, 3.8) is 0 Å². The summed E-state index contributed by atoms with van der Waals surface area (Å²) >= 11 is 1.76. The van der Waals surface area contributed by atoms with Crippen LogP contribution in [0.5, 0.6) is 0 Å². The van der Waals surface area contributed by atoms with E-state index in [4.69, 9.17) is 0 Å². The van der Waals surface area contributed by atoms with Crippen molar-refractivity contribution in [1.29, 1.82) is 0 Å². The molecule has 6 nitrogen and oxygen atoms in total. The van der Waals surface area contributed by atoms with Gasteiger partial charge in [-0.1, -0.05) is 24.3 Å². The Balaban J connectivity index is 1.53. The van der Waals surface area contributed by atoms with Gasteiger partial charge in [-0.2, -0.15) is 5.10 Å². The Labute approximate surface area is 155 Å². The zero-order chi connectivity index (χ0) is 18.1. The Kier molecular flexibility index (Phi) is 4.57. The van der Waals surface area contributed by atoms with Gasteiger partial charge >= 0.3 is 0 Å². The first-order valence-corrected chi connectivity index (χ1v) is 9.51. The Morgan fingerprint density at radius 1 is 1.08 bits per heavy atom. The summed E-state index contributed by atoms with van der Waals surface area (Å²) in [4.78, 5) is 30.8. The van der Waals surface area contributed by atoms with Crippen molar-refractivity contribution in [1.82, 2.24) is 19.6 Å². The van der Waals surface area contributed by atoms with Crippen LogP contribution in [0.3, 0.4) is 0 Å². The molecule has 0 radical (unpaired) electrons. The maximum absolute atomic E-state index is 13.0. The van der Waals surface area contributed by atoms with Gasteiger partial charge in [-0.3, -0.25) is 14.5 Å². The van der Waals surface area contributed by atoms with Crippen molar-refractivity contribution in [3.8, 4) is 0 Å². The number of nitrogens with zero attached hydrogens (tertiary/aromatic N) is 4. The number of benzene rings is 1. The number of hydrogen-bond acceptors (Lipinski definition) is 5. The lowest BCUT2D eigenvalue weighted by atomic mass is 10.1. The van der Waals surface area contributed by atoms with Crippen LogP contribution in [0.15, 0.2) is 46.6 Å². The first-order chi connectivity index (χ1) is 12.6. The zero-order valence-corrected chi connectivity index (χ0v) is 15.4. The minimum atomic E-state index is -0.182. The fourth-order valence-electron chi connectivity index (χ4n) is 3.34. The number of rotatable bonds is 3. The summed E-state index contributed by atoms with van der Waals surface area (Å²) in [5.41, 5.74) is 0.173. The van der Waals surface area contributed by atoms with Crippen LogP contribution in [0.25, 0.3) is 10.8 Å². The van der Waals surface area contributed by atoms with E-state index in [1.165, 1.54) is 9.56 Å². The van der Waals surface area contributed by atoms with Crippen molar-refractivity contribution < 1.29 is 4.79 Å². The van der Waals surface area contributed by atoms with Crippen LogP contribution in [0.4, 0.5) is 0 Å². The van der Waals surface area contributed by atoms with Gasteiger partial charge in [-0.15, -0.1) is 11.3 Å². The van der Waals surface area contributed by atoms with E-state index in [0.717, 1.165) is 19.6 Å². The van der Waals surface area contributed by atoms with Gasteiger partial charge in [-0.05, 0) is 17.5 Å². The normalized spacial score (nSPS) is 15.5. The number of thiophene rings is 1. The van der Waals surface area contributed by atoms with Crippen molar-refractivity contribution in [3.05, 3.63) is 62.7 Å². The average Bonchev–Trinajstić information content (AvgIpc) is 3.18. The lowest BCUT2D eigenvalue weighted by molar-refractivity contribution is 0.0623. The fraction of sp³-hybridized carbons (Fsp3) is 0.316. The van der Waals surface area contributed by atoms with Gasteiger partial charge in [0.15, 0.2) is 5.69 Å². The van der Waals surface area contributed by atoms with E-state index in [9.17, 15) is 9.59 Å². The van der Waals surface area contributed by atoms with Crippen molar-refractivity contribution in [2.75, 3.05) is 26.2 Å². The van der Waals surface area contributed by atoms with Gasteiger partial charge in [0.1, 0.15) is 0 Å². The number of carbonyl (C=O) groups is 1. The molecule has 0 atom stereocenters. The van der Waals surface area contributed by atoms with Crippen molar-refractivity contribution >= 4 is 28.0 Å². The van der Waals surface area contributed by atoms with E-state index in [0.29, 0.717) is 29.6 Å². The molecule has 7 heteroatoms. The molecule has 134 valence electrons. The average molecular weight is 368 g/mol. The number of aryl methyl sites for hydroxylation is 1. The number of fused-ring (bicyclic) bond motifs is 1. The van der Waals surface area contributed by atoms with E-state index in [2.05, 4.69) is 27.5 Å². The lowest BCUT2D eigenvalue weighted by Crippen LogP contribution is -2.48. The minimum absolute atomic E-state index is 0.104. The highest BCUT2D eigenvalue weighted by Crippen LogP contribution is 2.17. The number of piperazine rings is 1. The first-order valence-electron chi connectivity index (χ1n) is 8.63. The maximum Gasteiger partial charge on any atom is 0.275 e. The SMILES string of the molecule is Cn1nc(C(=O)N2CCN(Cc3cccs3)CC2)c2ccccc2c1=O. The van der Waals surface area contributed by atoms with Gasteiger partial charge in [0.05, 0.1) is 5.39 Å². The molecule has 0 aliphatic carbocycles. The van der Waals surface area contributed by atoms with Crippen LogP contribution in [-0.4, -0.2) is 51.7 Å². The predicted octanol–water partition coefficient (Wildman–Crippen LogP) is 1.95. The zero-order valence-electron chi connectivity index (χ0n) is 14.6. The second-order valence-electron chi connectivity index (χ2n) is 6.47. The molecular weight excluding hydrogens is 348 g/mol. The summed E-state index contributed by atoms with van der Waals surface area (Å²) < 4.78 is 1.25. The second kappa shape index (κ2) is 7.01. The largest absolute Gasteiger partial charge is 0.335 e. The smallest absolute Gasteiger partial charge is 0.275 e. The van der Waals surface area contributed by atoms with E-state index < -0.39 is 0 Å². The molecule has 0 bridgehead atoms. The van der Waals surface area contributed by atoms with Gasteiger partial charge in [0.25, 0.3) is 11.5 Å². The molecule has 2 aromatic heterocycles. The highest BCUT2D eigenvalue weighted by molar-refractivity contribution is 7.09. The number of aromatic nitrogens is 2. The minimum Gasteiger partial charge on any atom is -0.335 e. The van der Waals surface area contributed by atoms with Crippen LogP contribution in [0, 0.1) is 0 Å². The molecule has 1 amide bonds. The Morgan fingerprint density at radius 3 is 2.50 bits per heavy atom. The highest BCUT2D eigenvalue weighted by atomic mass is 32.1. The summed E-state index contributed by atoms with van der Waals surface area (Å²) in [6, 6.07) is 11.4. The molecular formula is C19H20N4O2S. The molecule has 0 spiro atoms. The second-order valence-corrected chi connectivity index (χ2v) is 7.50. The quantitative estimate of drug-likeness (QED) is 0.709. The van der Waals surface area contributed by atoms with Gasteiger partial charge < -0.3 is 4.90 Å². The molecule has 1 aliphatic rings. The van der Waals surface area contributed by atoms with E-state index in [-0.39, 0.29) is 11.5 Å². The van der Waals surface area contributed by atoms with Gasteiger partial charge in [0.2, 0.25) is 0 Å². The molecule has 3 aromatic rings. The summed E-state index contributed by atoms with van der Waals surface area (Å²) in [5.74, 6) is -0.104. The fourth-order valence-corrected chi connectivity index (χ4v) is 4.09. The molecule has 0 unspecified atom stereocenters. The number of hydrogen-bond donors (Lipinski definition) is 0. The third-order valence-electron chi connectivity index (χ3n) is 4.78. The Hall–Kier alpha value is -2.51. The van der Waals surface area contributed by atoms with E-state index >= 15 is 0 Å². The molecule has 26 heavy (non-hydrogen) atoms. The third-order valence-corrected chi connectivity index (χ3v) is 5.64. The van der Waals surface area contributed by atoms with Crippen LogP contribution in [-0.2, 0) is 13.6 Å². The molecule has 0 saturated carbocycles. The Morgan fingerprint density at radius 2 is 1.81 bits per heavy atom. The van der Waals surface area contributed by atoms with Crippen molar-refractivity contribution in [2.45, 2.75) is 6.54 Å². The maximum atomic E-state index is 13.0.